The largest absolute Gasteiger partial charge is 0.484 e. The summed E-state index contributed by atoms with van der Waals surface area (Å²) >= 11 is 0. The molecular weight excluding hydrogens is 566 g/mol. The lowest BCUT2D eigenvalue weighted by Gasteiger charge is -2.37. The van der Waals surface area contributed by atoms with Gasteiger partial charge in [0.2, 0.25) is 0 Å². The van der Waals surface area contributed by atoms with Crippen LogP contribution in [0, 0.1) is 0 Å². The lowest BCUT2D eigenvalue weighted by Crippen LogP contribution is -2.46. The van der Waals surface area contributed by atoms with Gasteiger partial charge in [-0.05, 0) is 74.3 Å². The first-order valence-corrected chi connectivity index (χ1v) is 17.4. The normalized spacial score (nSPS) is 15.7. The molecule has 0 saturated carbocycles. The molecule has 0 radical (unpaired) electrons. The van der Waals surface area contributed by atoms with Crippen LogP contribution in [-0.2, 0) is 31.8 Å². The van der Waals surface area contributed by atoms with Crippen molar-refractivity contribution in [1.82, 2.24) is 15.5 Å². The highest BCUT2D eigenvalue weighted by Gasteiger charge is 2.44. The molecule has 2 N–H and O–H groups in total. The second-order valence-electron chi connectivity index (χ2n) is 13.3. The Balaban J connectivity index is 1.41. The maximum absolute atomic E-state index is 12.7. The van der Waals surface area contributed by atoms with E-state index < -0.39 is 26.1 Å². The van der Waals surface area contributed by atoms with Crippen LogP contribution in [0.25, 0.3) is 0 Å². The van der Waals surface area contributed by atoms with E-state index in [2.05, 4.69) is 44.5 Å². The van der Waals surface area contributed by atoms with E-state index in [0.717, 1.165) is 11.1 Å². The fraction of sp³-hybridized carbons (Fsp3) is 0.500. The maximum atomic E-state index is 12.7. The van der Waals surface area contributed by atoms with E-state index in [-0.39, 0.29) is 42.3 Å². The molecule has 1 heterocycles. The predicted molar refractivity (Wildman–Crippen MR) is 166 cm³/mol. The van der Waals surface area contributed by atoms with Gasteiger partial charge in [0.05, 0.1) is 13.1 Å². The quantitative estimate of drug-likeness (QED) is 0.369. The van der Waals surface area contributed by atoms with Crippen molar-refractivity contribution in [3.8, 4) is 5.75 Å². The van der Waals surface area contributed by atoms with Crippen molar-refractivity contribution in [2.75, 3.05) is 19.7 Å². The van der Waals surface area contributed by atoms with Crippen molar-refractivity contribution in [3.05, 3.63) is 65.2 Å². The molecule has 1 aliphatic rings. The predicted octanol–water partition coefficient (Wildman–Crippen LogP) is 4.82. The average molecular weight is 612 g/mol. The molecule has 0 aliphatic carbocycles. The zero-order valence-corrected chi connectivity index (χ0v) is 27.5. The number of nitrogens with zero attached hydrogens (tertiary/aromatic N) is 1. The number of likely N-dealkylation sites (tertiary alicyclic amines) is 1. The van der Waals surface area contributed by atoms with Gasteiger partial charge in [-0.1, -0.05) is 45.0 Å². The zero-order valence-electron chi connectivity index (χ0n) is 26.5. The number of carbonyl (C=O) groups is 4. The first-order chi connectivity index (χ1) is 19.9. The third-order valence-corrected chi connectivity index (χ3v) is 12.0. The van der Waals surface area contributed by atoms with E-state index in [1.54, 1.807) is 57.2 Å². The summed E-state index contributed by atoms with van der Waals surface area (Å²) in [6.07, 6.45) is -1.08. The van der Waals surface area contributed by atoms with Gasteiger partial charge in [-0.15, -0.1) is 0 Å². The summed E-state index contributed by atoms with van der Waals surface area (Å²) in [6, 6.07) is 14.1. The Morgan fingerprint density at radius 2 is 1.44 bits per heavy atom. The lowest BCUT2D eigenvalue weighted by atomic mass is 10.1. The van der Waals surface area contributed by atoms with Gasteiger partial charge in [0, 0.05) is 18.7 Å². The number of nitrogens with one attached hydrogen (secondary N) is 2. The maximum Gasteiger partial charge on any atom is 0.407 e. The van der Waals surface area contributed by atoms with Crippen molar-refractivity contribution in [1.29, 1.82) is 0 Å². The minimum Gasteiger partial charge on any atom is -0.484 e. The van der Waals surface area contributed by atoms with E-state index in [4.69, 9.17) is 13.9 Å². The van der Waals surface area contributed by atoms with Crippen molar-refractivity contribution < 1.29 is 33.1 Å². The van der Waals surface area contributed by atoms with Crippen LogP contribution in [-0.4, -0.2) is 68.3 Å². The molecule has 2 aromatic carbocycles. The average Bonchev–Trinajstić information content (AvgIpc) is 3.27. The highest BCUT2D eigenvalue weighted by molar-refractivity contribution is 6.74. The third-order valence-electron chi connectivity index (χ3n) is 7.48. The first kappa shape index (κ1) is 33.8. The van der Waals surface area contributed by atoms with Gasteiger partial charge >= 0.3 is 6.09 Å². The molecule has 10 nitrogen and oxygen atoms in total. The molecule has 0 spiro atoms. The van der Waals surface area contributed by atoms with Crippen LogP contribution in [0.4, 0.5) is 4.79 Å². The van der Waals surface area contributed by atoms with E-state index in [9.17, 15) is 19.2 Å². The Morgan fingerprint density at radius 1 is 0.884 bits per heavy atom. The van der Waals surface area contributed by atoms with E-state index in [0.29, 0.717) is 24.4 Å². The smallest absolute Gasteiger partial charge is 0.407 e. The molecule has 1 aliphatic heterocycles. The standard InChI is InChI=1S/C32H45N3O7Si/c1-31(2,3)41-30(39)34-18-22-9-13-24(14-10-22)29(38)33-17-23-11-15-25(16-12-23)40-21-28(37)35-19-26(36)27(20-35)42-43(7,8)32(4,5)6/h9-16,27H,17-21H2,1-8H3,(H,33,38)(H,34,39)/t27-/m0/s1. The SMILES string of the molecule is CC(C)(C)OC(=O)NCc1ccc(C(=O)NCc2ccc(OCC(=O)N3CC(=O)[C@@H](O[Si](C)(C)C(C)(C)C)C3)cc2)cc1. The number of benzene rings is 2. The number of alkyl carbamates (subject to hydrolysis) is 1. The van der Waals surface area contributed by atoms with Crippen LogP contribution in [0.15, 0.2) is 48.5 Å². The summed E-state index contributed by atoms with van der Waals surface area (Å²) in [7, 11) is -2.13. The van der Waals surface area contributed by atoms with Crippen LogP contribution in [0.3, 0.4) is 0 Å². The number of hydrogen-bond donors (Lipinski definition) is 2. The highest BCUT2D eigenvalue weighted by atomic mass is 28.4. The summed E-state index contributed by atoms with van der Waals surface area (Å²) in [4.78, 5) is 51.2. The van der Waals surface area contributed by atoms with Crippen LogP contribution in [0.2, 0.25) is 18.1 Å². The van der Waals surface area contributed by atoms with Crippen molar-refractivity contribution in [2.24, 2.45) is 0 Å². The minimum absolute atomic E-state index is 0.0299. The molecule has 11 heteroatoms. The number of ketones is 1. The second-order valence-corrected chi connectivity index (χ2v) is 18.0. The number of ether oxygens (including phenoxy) is 2. The number of amides is 3. The summed E-state index contributed by atoms with van der Waals surface area (Å²) in [5, 5.41) is 5.54. The molecule has 3 amide bonds. The molecule has 1 atom stereocenters. The van der Waals surface area contributed by atoms with Crippen LogP contribution < -0.4 is 15.4 Å². The summed E-state index contributed by atoms with van der Waals surface area (Å²) in [6.45, 7) is 16.6. The zero-order chi connectivity index (χ0) is 32.0. The minimum atomic E-state index is -2.13. The Labute approximate surface area is 255 Å². The lowest BCUT2D eigenvalue weighted by molar-refractivity contribution is -0.133. The van der Waals surface area contributed by atoms with Crippen molar-refractivity contribution >= 4 is 32.0 Å². The van der Waals surface area contributed by atoms with E-state index in [1.165, 1.54) is 4.90 Å². The van der Waals surface area contributed by atoms with Gasteiger partial charge in [0.15, 0.2) is 20.7 Å². The van der Waals surface area contributed by atoms with E-state index in [1.807, 2.05) is 12.1 Å². The molecule has 234 valence electrons. The van der Waals surface area contributed by atoms with Crippen molar-refractivity contribution in [3.63, 3.8) is 0 Å². The topological polar surface area (TPSA) is 123 Å². The second kappa shape index (κ2) is 13.7. The fourth-order valence-corrected chi connectivity index (χ4v) is 5.24. The molecule has 0 unspecified atom stereocenters. The van der Waals surface area contributed by atoms with Gasteiger partial charge in [-0.25, -0.2) is 4.79 Å². The number of hydrogen-bond acceptors (Lipinski definition) is 7. The number of carbonyl (C=O) groups excluding carboxylic acids is 4. The first-order valence-electron chi connectivity index (χ1n) is 14.5. The Morgan fingerprint density at radius 3 is 2.00 bits per heavy atom. The fourth-order valence-electron chi connectivity index (χ4n) is 3.97. The molecule has 0 aromatic heterocycles. The molecule has 43 heavy (non-hydrogen) atoms. The molecule has 1 saturated heterocycles. The Bertz CT molecular complexity index is 1300. The van der Waals surface area contributed by atoms with Crippen LogP contribution in [0.1, 0.15) is 63.0 Å². The monoisotopic (exact) mass is 611 g/mol. The summed E-state index contributed by atoms with van der Waals surface area (Å²) < 4.78 is 17.1. The van der Waals surface area contributed by atoms with Crippen LogP contribution in [0.5, 0.6) is 5.75 Å². The Kier molecular flexibility index (Phi) is 10.8. The molecule has 0 bridgehead atoms. The van der Waals surface area contributed by atoms with Crippen molar-refractivity contribution in [2.45, 2.75) is 84.5 Å². The molecule has 3 rings (SSSR count). The summed E-state index contributed by atoms with van der Waals surface area (Å²) in [5.41, 5.74) is 1.63. The Hall–Kier alpha value is -3.70. The number of Topliss-reactive ketones (excluding diaryl/α,β-unsaturated/α-hetero) is 1. The molecule has 1 fully saturated rings. The van der Waals surface area contributed by atoms with Gasteiger partial charge in [0.1, 0.15) is 17.5 Å². The number of rotatable bonds is 10. The third kappa shape index (κ3) is 10.2. The highest BCUT2D eigenvalue weighted by Crippen LogP contribution is 2.38. The van der Waals surface area contributed by atoms with Gasteiger partial charge in [-0.2, -0.15) is 0 Å². The van der Waals surface area contributed by atoms with Gasteiger partial charge in [-0.3, -0.25) is 14.4 Å². The van der Waals surface area contributed by atoms with Gasteiger partial charge in [0.25, 0.3) is 11.8 Å². The summed E-state index contributed by atoms with van der Waals surface area (Å²) in [5.74, 6) is -0.0550. The van der Waals surface area contributed by atoms with E-state index >= 15 is 0 Å². The molecular formula is C32H45N3O7Si. The van der Waals surface area contributed by atoms with Crippen LogP contribution >= 0.6 is 0 Å². The van der Waals surface area contributed by atoms with Gasteiger partial charge < -0.3 is 29.4 Å². The molecule has 2 aromatic rings.